The Kier molecular flexibility index (Phi) is 6.36. The first kappa shape index (κ1) is 17.2. The Balaban J connectivity index is 2.34. The molecule has 1 aliphatic rings. The molecule has 0 saturated heterocycles. The first-order valence-corrected chi connectivity index (χ1v) is 7.10. The van der Waals surface area contributed by atoms with Gasteiger partial charge in [-0.2, -0.15) is 0 Å². The van der Waals surface area contributed by atoms with Gasteiger partial charge in [0, 0.05) is 30.3 Å². The van der Waals surface area contributed by atoms with Crippen LogP contribution in [0.4, 0.5) is 4.79 Å². The summed E-state index contributed by atoms with van der Waals surface area (Å²) in [5.41, 5.74) is -0.0583. The van der Waals surface area contributed by atoms with Gasteiger partial charge in [0.2, 0.25) is 0 Å². The lowest BCUT2D eigenvalue weighted by atomic mass is 10.1. The van der Waals surface area contributed by atoms with Gasteiger partial charge in [-0.15, -0.1) is 0 Å². The maximum Gasteiger partial charge on any atom is 0.331 e. The number of carbonyl (C=O) groups is 3. The summed E-state index contributed by atoms with van der Waals surface area (Å²) in [5, 5.41) is 13.5. The summed E-state index contributed by atoms with van der Waals surface area (Å²) >= 11 is 0. The Bertz CT molecular complexity index is 455. The predicted molar refractivity (Wildman–Crippen MR) is 77.8 cm³/mol. The Hall–Kier alpha value is -1.89. The van der Waals surface area contributed by atoms with Crippen LogP contribution < -0.4 is 10.6 Å². The number of nitrogens with one attached hydrogen (secondary N) is 2. The van der Waals surface area contributed by atoms with Crippen molar-refractivity contribution in [3.8, 4) is 0 Å². The summed E-state index contributed by atoms with van der Waals surface area (Å²) in [4.78, 5) is 36.3. The number of carboxylic acid groups (broad SMARTS) is 1. The van der Waals surface area contributed by atoms with Crippen LogP contribution in [0.5, 0.6) is 0 Å². The van der Waals surface area contributed by atoms with Gasteiger partial charge in [0.1, 0.15) is 0 Å². The molecule has 0 unspecified atom stereocenters. The molecule has 21 heavy (non-hydrogen) atoms. The van der Waals surface area contributed by atoms with Crippen molar-refractivity contribution in [2.45, 2.75) is 39.7 Å². The average Bonchev–Trinajstić information content (AvgIpc) is 3.26. The van der Waals surface area contributed by atoms with Crippen LogP contribution >= 0.6 is 0 Å². The largest absolute Gasteiger partial charge is 0.478 e. The zero-order valence-electron chi connectivity index (χ0n) is 12.7. The first-order chi connectivity index (χ1) is 9.86. The van der Waals surface area contributed by atoms with E-state index in [0.29, 0.717) is 12.6 Å². The van der Waals surface area contributed by atoms with E-state index in [9.17, 15) is 14.4 Å². The van der Waals surface area contributed by atoms with Crippen molar-refractivity contribution in [2.24, 2.45) is 0 Å². The number of rotatable bonds is 7. The van der Waals surface area contributed by atoms with Crippen molar-refractivity contribution in [1.82, 2.24) is 15.5 Å². The predicted octanol–water partition coefficient (Wildman–Crippen LogP) is 0.718. The molecular formula is C14H23N3O4. The van der Waals surface area contributed by atoms with Gasteiger partial charge in [-0.1, -0.05) is 6.92 Å². The zero-order valence-corrected chi connectivity index (χ0v) is 12.7. The molecular weight excluding hydrogens is 274 g/mol. The van der Waals surface area contributed by atoms with Crippen molar-refractivity contribution < 1.29 is 19.5 Å². The lowest BCUT2D eigenvalue weighted by Gasteiger charge is -2.19. The molecule has 0 aromatic heterocycles. The highest BCUT2D eigenvalue weighted by Crippen LogP contribution is 2.25. The number of urea groups is 1. The summed E-state index contributed by atoms with van der Waals surface area (Å²) in [5.74, 6) is -1.87. The quantitative estimate of drug-likeness (QED) is 0.601. The molecule has 0 bridgehead atoms. The topological polar surface area (TPSA) is 98.7 Å². The monoisotopic (exact) mass is 297 g/mol. The van der Waals surface area contributed by atoms with E-state index < -0.39 is 17.9 Å². The van der Waals surface area contributed by atoms with E-state index in [-0.39, 0.29) is 11.1 Å². The van der Waals surface area contributed by atoms with E-state index in [0.717, 1.165) is 13.1 Å². The molecule has 3 N–H and O–H groups in total. The SMILES string of the molecule is CCN(CCNC(=O)NC(=O)C(C)=C(C)C(=O)O)C1CC1. The van der Waals surface area contributed by atoms with Crippen molar-refractivity contribution in [1.29, 1.82) is 0 Å². The van der Waals surface area contributed by atoms with Crippen LogP contribution in [0.1, 0.15) is 33.6 Å². The summed E-state index contributed by atoms with van der Waals surface area (Å²) in [6, 6.07) is 0.0225. The van der Waals surface area contributed by atoms with Crippen molar-refractivity contribution in [3.63, 3.8) is 0 Å². The third-order valence-electron chi connectivity index (χ3n) is 3.60. The molecule has 1 saturated carbocycles. The molecule has 3 amide bonds. The van der Waals surface area contributed by atoms with E-state index in [2.05, 4.69) is 22.5 Å². The molecule has 0 spiro atoms. The number of amides is 3. The average molecular weight is 297 g/mol. The van der Waals surface area contributed by atoms with Crippen LogP contribution in [0.3, 0.4) is 0 Å². The van der Waals surface area contributed by atoms with Crippen LogP contribution in [0, 0.1) is 0 Å². The molecule has 0 radical (unpaired) electrons. The second-order valence-electron chi connectivity index (χ2n) is 5.12. The molecule has 0 aromatic carbocycles. The highest BCUT2D eigenvalue weighted by Gasteiger charge is 2.27. The number of likely N-dealkylation sites (N-methyl/N-ethyl adjacent to an activating group) is 1. The molecule has 0 aliphatic heterocycles. The number of nitrogens with zero attached hydrogens (tertiary/aromatic N) is 1. The summed E-state index contributed by atoms with van der Waals surface area (Å²) in [6.07, 6.45) is 2.41. The standard InChI is InChI=1S/C14H23N3O4/c1-4-17(11-5-6-11)8-7-15-14(21)16-12(18)9(2)10(3)13(19)20/h11H,4-8H2,1-3H3,(H,19,20)(H2,15,16,18,21). The lowest BCUT2D eigenvalue weighted by Crippen LogP contribution is -2.43. The maximum atomic E-state index is 11.7. The zero-order chi connectivity index (χ0) is 16.0. The minimum Gasteiger partial charge on any atom is -0.478 e. The molecule has 0 heterocycles. The summed E-state index contributed by atoms with van der Waals surface area (Å²) in [6.45, 7) is 6.90. The Morgan fingerprint density at radius 1 is 1.19 bits per heavy atom. The molecule has 0 atom stereocenters. The number of hydrogen-bond donors (Lipinski definition) is 3. The number of carbonyl (C=O) groups excluding carboxylic acids is 2. The van der Waals surface area contributed by atoms with E-state index in [1.54, 1.807) is 0 Å². The number of carboxylic acids is 1. The van der Waals surface area contributed by atoms with Gasteiger partial charge in [-0.3, -0.25) is 15.0 Å². The van der Waals surface area contributed by atoms with E-state index >= 15 is 0 Å². The number of hydrogen-bond acceptors (Lipinski definition) is 4. The minimum atomic E-state index is -1.17. The van der Waals surface area contributed by atoms with Crippen molar-refractivity contribution in [2.75, 3.05) is 19.6 Å². The fourth-order valence-corrected chi connectivity index (χ4v) is 1.92. The smallest absolute Gasteiger partial charge is 0.331 e. The minimum absolute atomic E-state index is 0.0193. The lowest BCUT2D eigenvalue weighted by molar-refractivity contribution is -0.133. The molecule has 7 heteroatoms. The molecule has 0 aromatic rings. The summed E-state index contributed by atoms with van der Waals surface area (Å²) < 4.78 is 0. The first-order valence-electron chi connectivity index (χ1n) is 7.10. The van der Waals surface area contributed by atoms with Gasteiger partial charge in [-0.05, 0) is 33.2 Å². The molecule has 1 aliphatic carbocycles. The second kappa shape index (κ2) is 7.78. The molecule has 1 fully saturated rings. The highest BCUT2D eigenvalue weighted by atomic mass is 16.4. The second-order valence-corrected chi connectivity index (χ2v) is 5.12. The fourth-order valence-electron chi connectivity index (χ4n) is 1.92. The van der Waals surface area contributed by atoms with Crippen molar-refractivity contribution >= 4 is 17.9 Å². The number of imide groups is 1. The van der Waals surface area contributed by atoms with Crippen LogP contribution in [0.25, 0.3) is 0 Å². The van der Waals surface area contributed by atoms with Crippen LogP contribution in [0.2, 0.25) is 0 Å². The van der Waals surface area contributed by atoms with Gasteiger partial charge in [0.15, 0.2) is 0 Å². The Morgan fingerprint density at radius 3 is 2.29 bits per heavy atom. The summed E-state index contributed by atoms with van der Waals surface area (Å²) in [7, 11) is 0. The number of aliphatic carboxylic acids is 1. The van der Waals surface area contributed by atoms with Gasteiger partial charge in [-0.25, -0.2) is 9.59 Å². The van der Waals surface area contributed by atoms with Crippen LogP contribution in [-0.2, 0) is 9.59 Å². The van der Waals surface area contributed by atoms with E-state index in [1.807, 2.05) is 0 Å². The van der Waals surface area contributed by atoms with Gasteiger partial charge in [0.05, 0.1) is 0 Å². The Labute approximate surface area is 124 Å². The van der Waals surface area contributed by atoms with Crippen molar-refractivity contribution in [3.05, 3.63) is 11.1 Å². The third-order valence-corrected chi connectivity index (χ3v) is 3.60. The molecule has 118 valence electrons. The van der Waals surface area contributed by atoms with Gasteiger partial charge >= 0.3 is 12.0 Å². The Morgan fingerprint density at radius 2 is 1.81 bits per heavy atom. The maximum absolute atomic E-state index is 11.7. The highest BCUT2D eigenvalue weighted by molar-refractivity contribution is 6.07. The van der Waals surface area contributed by atoms with E-state index in [1.165, 1.54) is 26.7 Å². The van der Waals surface area contributed by atoms with Gasteiger partial charge in [0.25, 0.3) is 5.91 Å². The van der Waals surface area contributed by atoms with E-state index in [4.69, 9.17) is 5.11 Å². The fraction of sp³-hybridized carbons (Fsp3) is 0.643. The van der Waals surface area contributed by atoms with Crippen LogP contribution in [-0.4, -0.2) is 53.6 Å². The molecule has 1 rings (SSSR count). The molecule has 7 nitrogen and oxygen atoms in total. The van der Waals surface area contributed by atoms with Crippen LogP contribution in [0.15, 0.2) is 11.1 Å². The third kappa shape index (κ3) is 5.55. The normalized spacial score (nSPS) is 15.4. The van der Waals surface area contributed by atoms with Gasteiger partial charge < -0.3 is 10.4 Å².